The zero-order chi connectivity index (χ0) is 16.8. The van der Waals surface area contributed by atoms with Gasteiger partial charge in [-0.15, -0.1) is 0 Å². The van der Waals surface area contributed by atoms with E-state index in [9.17, 15) is 9.59 Å². The summed E-state index contributed by atoms with van der Waals surface area (Å²) in [7, 11) is 0. The van der Waals surface area contributed by atoms with E-state index in [2.05, 4.69) is 15.3 Å². The van der Waals surface area contributed by atoms with E-state index in [-0.39, 0.29) is 11.5 Å². The highest BCUT2D eigenvalue weighted by molar-refractivity contribution is 8.00. The Labute approximate surface area is 138 Å². The van der Waals surface area contributed by atoms with Crippen LogP contribution < -0.4 is 15.6 Å². The van der Waals surface area contributed by atoms with Gasteiger partial charge in [0, 0.05) is 17.4 Å². The van der Waals surface area contributed by atoms with E-state index >= 15 is 0 Å². The van der Waals surface area contributed by atoms with Crippen LogP contribution in [0.3, 0.4) is 0 Å². The maximum Gasteiger partial charge on any atom is 0.251 e. The van der Waals surface area contributed by atoms with Crippen molar-refractivity contribution in [1.82, 2.24) is 9.97 Å². The topological polar surface area (TPSA) is 84.1 Å². The first-order valence-electron chi connectivity index (χ1n) is 7.26. The number of rotatable bonds is 6. The number of anilines is 1. The Hall–Kier alpha value is -2.28. The van der Waals surface area contributed by atoms with Crippen molar-refractivity contribution in [2.24, 2.45) is 0 Å². The van der Waals surface area contributed by atoms with E-state index in [0.717, 1.165) is 5.75 Å². The lowest BCUT2D eigenvalue weighted by Crippen LogP contribution is -2.23. The molecule has 2 rings (SSSR count). The van der Waals surface area contributed by atoms with Gasteiger partial charge in [-0.25, -0.2) is 4.98 Å². The Morgan fingerprint density at radius 1 is 1.39 bits per heavy atom. The molecule has 0 saturated heterocycles. The van der Waals surface area contributed by atoms with E-state index in [1.807, 2.05) is 6.92 Å². The van der Waals surface area contributed by atoms with Gasteiger partial charge in [-0.2, -0.15) is 0 Å². The minimum Gasteiger partial charge on any atom is -0.494 e. The molecule has 1 heterocycles. The Bertz CT molecular complexity index is 728. The van der Waals surface area contributed by atoms with Crippen LogP contribution in [0.15, 0.2) is 40.3 Å². The molecule has 23 heavy (non-hydrogen) atoms. The largest absolute Gasteiger partial charge is 0.494 e. The lowest BCUT2D eigenvalue weighted by atomic mass is 10.3. The first-order chi connectivity index (χ1) is 11.0. The molecule has 2 N–H and O–H groups in total. The highest BCUT2D eigenvalue weighted by atomic mass is 32.2. The summed E-state index contributed by atoms with van der Waals surface area (Å²) in [6.07, 6.45) is 0. The lowest BCUT2D eigenvalue weighted by molar-refractivity contribution is -0.115. The Kier molecular flexibility index (Phi) is 5.81. The molecule has 122 valence electrons. The van der Waals surface area contributed by atoms with Crippen molar-refractivity contribution in [3.63, 3.8) is 0 Å². The number of carbonyl (C=O) groups is 1. The average molecular weight is 333 g/mol. The summed E-state index contributed by atoms with van der Waals surface area (Å²) in [5.74, 6) is 0.595. The molecule has 0 aliphatic rings. The van der Waals surface area contributed by atoms with Crippen LogP contribution in [0.2, 0.25) is 0 Å². The monoisotopic (exact) mass is 333 g/mol. The van der Waals surface area contributed by atoms with E-state index < -0.39 is 5.25 Å². The summed E-state index contributed by atoms with van der Waals surface area (Å²) in [6, 6.07) is 8.59. The Balaban J connectivity index is 1.97. The standard InChI is InChI=1S/C16H19N3O3S/c1-4-22-13-7-5-12(6-8-13)18-15(21)11(3)23-16-17-10(2)9-14(20)19-16/h5-9,11H,4H2,1-3H3,(H,18,21)(H,17,19,20)/t11-/m0/s1. The van der Waals surface area contributed by atoms with Gasteiger partial charge in [-0.1, -0.05) is 11.8 Å². The van der Waals surface area contributed by atoms with E-state index in [0.29, 0.717) is 23.1 Å². The maximum atomic E-state index is 12.2. The van der Waals surface area contributed by atoms with Crippen molar-refractivity contribution in [3.8, 4) is 5.75 Å². The second-order valence-corrected chi connectivity index (χ2v) is 6.23. The van der Waals surface area contributed by atoms with Crippen LogP contribution in [0.5, 0.6) is 5.75 Å². The van der Waals surface area contributed by atoms with Gasteiger partial charge in [0.1, 0.15) is 5.75 Å². The van der Waals surface area contributed by atoms with E-state index in [1.54, 1.807) is 38.1 Å². The van der Waals surface area contributed by atoms with Gasteiger partial charge in [-0.05, 0) is 45.0 Å². The maximum absolute atomic E-state index is 12.2. The van der Waals surface area contributed by atoms with Crippen LogP contribution >= 0.6 is 11.8 Å². The van der Waals surface area contributed by atoms with Crippen LogP contribution in [0.4, 0.5) is 5.69 Å². The van der Waals surface area contributed by atoms with Gasteiger partial charge in [0.05, 0.1) is 11.9 Å². The molecule has 1 aromatic heterocycles. The highest BCUT2D eigenvalue weighted by Crippen LogP contribution is 2.21. The van der Waals surface area contributed by atoms with Gasteiger partial charge in [0.15, 0.2) is 5.16 Å². The summed E-state index contributed by atoms with van der Waals surface area (Å²) >= 11 is 1.21. The number of thioether (sulfide) groups is 1. The third kappa shape index (κ3) is 5.14. The number of carbonyl (C=O) groups excluding carboxylic acids is 1. The fourth-order valence-electron chi connectivity index (χ4n) is 1.87. The van der Waals surface area contributed by atoms with Crippen molar-refractivity contribution in [2.45, 2.75) is 31.2 Å². The Morgan fingerprint density at radius 2 is 2.09 bits per heavy atom. The summed E-state index contributed by atoms with van der Waals surface area (Å²) in [4.78, 5) is 30.5. The van der Waals surface area contributed by atoms with E-state index in [4.69, 9.17) is 4.74 Å². The number of hydrogen-bond donors (Lipinski definition) is 2. The fourth-order valence-corrected chi connectivity index (χ4v) is 2.73. The van der Waals surface area contributed by atoms with Crippen molar-refractivity contribution >= 4 is 23.4 Å². The smallest absolute Gasteiger partial charge is 0.251 e. The van der Waals surface area contributed by atoms with Crippen molar-refractivity contribution in [3.05, 3.63) is 46.4 Å². The molecule has 7 heteroatoms. The molecule has 1 atom stereocenters. The molecular formula is C16H19N3O3S. The van der Waals surface area contributed by atoms with Gasteiger partial charge in [0.25, 0.3) is 5.56 Å². The molecule has 0 fully saturated rings. The molecule has 0 radical (unpaired) electrons. The van der Waals surface area contributed by atoms with Crippen LogP contribution in [0.25, 0.3) is 0 Å². The molecule has 1 aromatic carbocycles. The van der Waals surface area contributed by atoms with Crippen molar-refractivity contribution in [2.75, 3.05) is 11.9 Å². The predicted molar refractivity (Wildman–Crippen MR) is 91.2 cm³/mol. The van der Waals surface area contributed by atoms with Crippen LogP contribution in [-0.2, 0) is 4.79 Å². The Morgan fingerprint density at radius 3 is 2.70 bits per heavy atom. The second kappa shape index (κ2) is 7.82. The number of amides is 1. The SMILES string of the molecule is CCOc1ccc(NC(=O)[C@H](C)Sc2nc(C)cc(=O)[nH]2)cc1. The summed E-state index contributed by atoms with van der Waals surface area (Å²) in [5.41, 5.74) is 1.09. The summed E-state index contributed by atoms with van der Waals surface area (Å²) in [6.45, 7) is 6.01. The van der Waals surface area contributed by atoms with Crippen LogP contribution in [0, 0.1) is 6.92 Å². The summed E-state index contributed by atoms with van der Waals surface area (Å²) < 4.78 is 5.36. The molecule has 2 aromatic rings. The first kappa shape index (κ1) is 17.1. The minimum atomic E-state index is -0.397. The molecule has 1 amide bonds. The molecule has 0 unspecified atom stereocenters. The van der Waals surface area contributed by atoms with Crippen molar-refractivity contribution in [1.29, 1.82) is 0 Å². The van der Waals surface area contributed by atoms with Crippen LogP contribution in [-0.4, -0.2) is 27.7 Å². The molecule has 0 aliphatic carbocycles. The second-order valence-electron chi connectivity index (χ2n) is 4.90. The average Bonchev–Trinajstić information content (AvgIpc) is 2.48. The molecular weight excluding hydrogens is 314 g/mol. The number of nitrogens with one attached hydrogen (secondary N) is 2. The minimum absolute atomic E-state index is 0.164. The number of hydrogen-bond acceptors (Lipinski definition) is 5. The highest BCUT2D eigenvalue weighted by Gasteiger charge is 2.16. The summed E-state index contributed by atoms with van der Waals surface area (Å²) in [5, 5.41) is 2.86. The lowest BCUT2D eigenvalue weighted by Gasteiger charge is -2.12. The number of ether oxygens (including phenoxy) is 1. The third-order valence-corrected chi connectivity index (χ3v) is 3.92. The molecule has 0 saturated carbocycles. The first-order valence-corrected chi connectivity index (χ1v) is 8.14. The van der Waals surface area contributed by atoms with Gasteiger partial charge in [0.2, 0.25) is 5.91 Å². The predicted octanol–water partition coefficient (Wildman–Crippen LogP) is 2.60. The molecule has 0 aliphatic heterocycles. The third-order valence-electron chi connectivity index (χ3n) is 2.94. The zero-order valence-corrected chi connectivity index (χ0v) is 14.1. The number of H-pyrrole nitrogens is 1. The van der Waals surface area contributed by atoms with Gasteiger partial charge >= 0.3 is 0 Å². The quantitative estimate of drug-likeness (QED) is 0.627. The van der Waals surface area contributed by atoms with Crippen molar-refractivity contribution < 1.29 is 9.53 Å². The molecule has 0 spiro atoms. The number of benzene rings is 1. The van der Waals surface area contributed by atoms with Crippen LogP contribution in [0.1, 0.15) is 19.5 Å². The van der Waals surface area contributed by atoms with Gasteiger partial charge in [-0.3, -0.25) is 9.59 Å². The number of aromatic amines is 1. The van der Waals surface area contributed by atoms with Gasteiger partial charge < -0.3 is 15.0 Å². The van der Waals surface area contributed by atoms with E-state index in [1.165, 1.54) is 17.8 Å². The zero-order valence-electron chi connectivity index (χ0n) is 13.3. The molecule has 6 nitrogen and oxygen atoms in total. The number of aromatic nitrogens is 2. The normalized spacial score (nSPS) is 11.8. The number of aryl methyl sites for hydroxylation is 1. The molecule has 0 bridgehead atoms. The fraction of sp³-hybridized carbons (Fsp3) is 0.312. The number of nitrogens with zero attached hydrogens (tertiary/aromatic N) is 1.